The Labute approximate surface area is 181 Å². The lowest BCUT2D eigenvalue weighted by atomic mass is 9.81. The number of nitrogens with zero attached hydrogens (tertiary/aromatic N) is 6. The van der Waals surface area contributed by atoms with Crippen LogP contribution in [-0.2, 0) is 4.79 Å². The van der Waals surface area contributed by atoms with E-state index < -0.39 is 0 Å². The zero-order valence-corrected chi connectivity index (χ0v) is 17.8. The largest absolute Gasteiger partial charge is 0.370 e. The fourth-order valence-corrected chi connectivity index (χ4v) is 4.61. The number of fused-ring (bicyclic) bond motifs is 1. The summed E-state index contributed by atoms with van der Waals surface area (Å²) in [7, 11) is 0. The number of amides is 2. The summed E-state index contributed by atoms with van der Waals surface area (Å²) >= 11 is 0. The van der Waals surface area contributed by atoms with Crippen molar-refractivity contribution in [1.82, 2.24) is 25.0 Å². The zero-order valence-electron chi connectivity index (χ0n) is 17.8. The van der Waals surface area contributed by atoms with E-state index in [9.17, 15) is 14.9 Å². The van der Waals surface area contributed by atoms with E-state index >= 15 is 0 Å². The first-order valence-corrected chi connectivity index (χ1v) is 11.1. The van der Waals surface area contributed by atoms with Gasteiger partial charge in [-0.25, -0.2) is 4.98 Å². The third kappa shape index (κ3) is 3.60. The number of aromatic nitrogens is 3. The number of carbonyl (C=O) groups excluding carboxylic acids is 2. The fourth-order valence-electron chi connectivity index (χ4n) is 4.61. The van der Waals surface area contributed by atoms with Gasteiger partial charge in [-0.15, -0.1) is 0 Å². The molecule has 2 saturated heterocycles. The van der Waals surface area contributed by atoms with Crippen LogP contribution in [0.1, 0.15) is 43.0 Å². The molecule has 2 amide bonds. The fraction of sp³-hybridized carbons (Fsp3) is 0.591. The SMILES string of the molecule is CC1(C#N)CCN(c2c(C(=O)N3CCN(C(=O)C4CC4)CC3)cnc3[nH]ncc23)CC1. The van der Waals surface area contributed by atoms with Gasteiger partial charge in [-0.05, 0) is 32.6 Å². The van der Waals surface area contributed by atoms with Crippen LogP contribution < -0.4 is 4.90 Å². The van der Waals surface area contributed by atoms with E-state index in [1.807, 2.05) is 16.7 Å². The number of hydrogen-bond acceptors (Lipinski definition) is 6. The number of nitrogens with one attached hydrogen (secondary N) is 1. The van der Waals surface area contributed by atoms with Crippen LogP contribution in [0, 0.1) is 22.7 Å². The molecule has 1 N–H and O–H groups in total. The Morgan fingerprint density at radius 2 is 1.77 bits per heavy atom. The van der Waals surface area contributed by atoms with Crippen LogP contribution in [0.2, 0.25) is 0 Å². The molecular weight excluding hydrogens is 394 g/mol. The first-order chi connectivity index (χ1) is 15.0. The van der Waals surface area contributed by atoms with Crippen molar-refractivity contribution in [3.63, 3.8) is 0 Å². The number of pyridine rings is 1. The van der Waals surface area contributed by atoms with Gasteiger partial charge in [0, 0.05) is 51.4 Å². The number of rotatable bonds is 3. The Hall–Kier alpha value is -3.15. The van der Waals surface area contributed by atoms with Crippen molar-refractivity contribution in [2.45, 2.75) is 32.6 Å². The monoisotopic (exact) mass is 421 g/mol. The topological polar surface area (TPSA) is 109 Å². The van der Waals surface area contributed by atoms with Gasteiger partial charge in [0.1, 0.15) is 0 Å². The molecule has 0 radical (unpaired) electrons. The highest BCUT2D eigenvalue weighted by atomic mass is 16.2. The number of carbonyl (C=O) groups is 2. The van der Waals surface area contributed by atoms with Gasteiger partial charge in [-0.1, -0.05) is 0 Å². The summed E-state index contributed by atoms with van der Waals surface area (Å²) in [5, 5.41) is 17.3. The van der Waals surface area contributed by atoms with Gasteiger partial charge >= 0.3 is 0 Å². The highest BCUT2D eigenvalue weighted by Gasteiger charge is 2.36. The summed E-state index contributed by atoms with van der Waals surface area (Å²) in [6.45, 7) is 5.65. The van der Waals surface area contributed by atoms with Crippen molar-refractivity contribution in [3.05, 3.63) is 18.0 Å². The van der Waals surface area contributed by atoms with Crippen molar-refractivity contribution in [3.8, 4) is 6.07 Å². The van der Waals surface area contributed by atoms with Gasteiger partial charge in [0.05, 0.1) is 34.3 Å². The van der Waals surface area contributed by atoms with Crippen LogP contribution >= 0.6 is 0 Å². The van der Waals surface area contributed by atoms with E-state index in [-0.39, 0.29) is 23.1 Å². The number of hydrogen-bond donors (Lipinski definition) is 1. The van der Waals surface area contributed by atoms with Crippen LogP contribution in [0.15, 0.2) is 12.4 Å². The molecule has 2 aromatic rings. The molecule has 0 atom stereocenters. The van der Waals surface area contributed by atoms with Gasteiger partial charge in [0.25, 0.3) is 5.91 Å². The Morgan fingerprint density at radius 1 is 1.10 bits per heavy atom. The average molecular weight is 422 g/mol. The molecule has 0 spiro atoms. The third-order valence-electron chi connectivity index (χ3n) is 6.94. The molecule has 4 heterocycles. The predicted molar refractivity (Wildman–Crippen MR) is 114 cm³/mol. The first kappa shape index (κ1) is 19.8. The lowest BCUT2D eigenvalue weighted by Crippen LogP contribution is -2.51. The van der Waals surface area contributed by atoms with Gasteiger partial charge in [0.2, 0.25) is 5.91 Å². The Kier molecular flexibility index (Phi) is 4.80. The Morgan fingerprint density at radius 3 is 2.42 bits per heavy atom. The van der Waals surface area contributed by atoms with Gasteiger partial charge in [-0.3, -0.25) is 14.7 Å². The quantitative estimate of drug-likeness (QED) is 0.809. The molecule has 0 bridgehead atoms. The summed E-state index contributed by atoms with van der Waals surface area (Å²) < 4.78 is 0. The summed E-state index contributed by atoms with van der Waals surface area (Å²) in [4.78, 5) is 36.2. The molecule has 3 fully saturated rings. The maximum absolute atomic E-state index is 13.5. The third-order valence-corrected chi connectivity index (χ3v) is 6.94. The molecule has 2 aromatic heterocycles. The summed E-state index contributed by atoms with van der Waals surface area (Å²) in [5.41, 5.74) is 1.74. The second-order valence-corrected chi connectivity index (χ2v) is 9.20. The lowest BCUT2D eigenvalue weighted by Gasteiger charge is -2.38. The summed E-state index contributed by atoms with van der Waals surface area (Å²) in [5.74, 6) is 0.389. The van der Waals surface area contributed by atoms with E-state index in [2.05, 4.69) is 26.2 Å². The zero-order chi connectivity index (χ0) is 21.6. The molecule has 9 nitrogen and oxygen atoms in total. The van der Waals surface area contributed by atoms with E-state index in [0.29, 0.717) is 50.5 Å². The number of nitriles is 1. The van der Waals surface area contributed by atoms with E-state index in [1.165, 1.54) is 0 Å². The van der Waals surface area contributed by atoms with Crippen molar-refractivity contribution in [2.24, 2.45) is 11.3 Å². The lowest BCUT2D eigenvalue weighted by molar-refractivity contribution is -0.134. The summed E-state index contributed by atoms with van der Waals surface area (Å²) in [6, 6.07) is 2.43. The van der Waals surface area contributed by atoms with Gasteiger partial charge < -0.3 is 14.7 Å². The molecule has 9 heteroatoms. The van der Waals surface area contributed by atoms with E-state index in [4.69, 9.17) is 0 Å². The van der Waals surface area contributed by atoms with Crippen LogP contribution in [0.25, 0.3) is 11.0 Å². The molecule has 162 valence electrons. The summed E-state index contributed by atoms with van der Waals surface area (Å²) in [6.07, 6.45) is 6.86. The second-order valence-electron chi connectivity index (χ2n) is 9.20. The number of H-pyrrole nitrogens is 1. The normalized spacial score (nSPS) is 21.2. The Bertz CT molecular complexity index is 1050. The highest BCUT2D eigenvalue weighted by Crippen LogP contribution is 2.37. The van der Waals surface area contributed by atoms with Crippen LogP contribution in [0.3, 0.4) is 0 Å². The molecule has 1 saturated carbocycles. The first-order valence-electron chi connectivity index (χ1n) is 11.1. The molecular formula is C22H27N7O2. The van der Waals surface area contributed by atoms with E-state index in [1.54, 1.807) is 12.4 Å². The van der Waals surface area contributed by atoms with Crippen molar-refractivity contribution in [1.29, 1.82) is 5.26 Å². The smallest absolute Gasteiger partial charge is 0.257 e. The minimum Gasteiger partial charge on any atom is -0.370 e. The maximum atomic E-state index is 13.5. The Balaban J connectivity index is 1.38. The highest BCUT2D eigenvalue weighted by molar-refractivity contribution is 6.06. The number of piperidine rings is 1. The minimum atomic E-state index is -0.326. The standard InChI is InChI=1S/C22H27N7O2/c1-22(14-23)4-6-27(7-5-22)18-16-13-25-26-19(16)24-12-17(18)21(31)29-10-8-28(9-11-29)20(30)15-2-3-15/h12-13,15H,2-11H2,1H3,(H,24,25,26). The van der Waals surface area contributed by atoms with Crippen molar-refractivity contribution >= 4 is 28.5 Å². The number of anilines is 1. The molecule has 3 aliphatic rings. The van der Waals surface area contributed by atoms with Gasteiger partial charge in [0.15, 0.2) is 5.65 Å². The van der Waals surface area contributed by atoms with Crippen LogP contribution in [0.4, 0.5) is 5.69 Å². The number of piperazine rings is 1. The molecule has 1 aliphatic carbocycles. The van der Waals surface area contributed by atoms with Crippen molar-refractivity contribution < 1.29 is 9.59 Å². The molecule has 2 aliphatic heterocycles. The van der Waals surface area contributed by atoms with E-state index in [0.717, 1.165) is 36.8 Å². The van der Waals surface area contributed by atoms with Gasteiger partial charge in [-0.2, -0.15) is 10.4 Å². The molecule has 0 aromatic carbocycles. The predicted octanol–water partition coefficient (Wildman–Crippen LogP) is 1.78. The van der Waals surface area contributed by atoms with Crippen LogP contribution in [0.5, 0.6) is 0 Å². The molecule has 0 unspecified atom stereocenters. The maximum Gasteiger partial charge on any atom is 0.257 e. The average Bonchev–Trinajstić information content (AvgIpc) is 3.55. The number of aromatic amines is 1. The van der Waals surface area contributed by atoms with Crippen LogP contribution in [-0.4, -0.2) is 76.1 Å². The molecule has 5 rings (SSSR count). The second kappa shape index (κ2) is 7.52. The minimum absolute atomic E-state index is 0.0576. The molecule has 31 heavy (non-hydrogen) atoms. The van der Waals surface area contributed by atoms with Crippen molar-refractivity contribution in [2.75, 3.05) is 44.2 Å².